The third-order valence-electron chi connectivity index (χ3n) is 5.51. The fraction of sp³-hybridized carbons (Fsp3) is 0.375. The maximum Gasteiger partial charge on any atom is 0.256 e. The molecule has 28 heavy (non-hydrogen) atoms. The quantitative estimate of drug-likeness (QED) is 0.596. The van der Waals surface area contributed by atoms with E-state index in [-0.39, 0.29) is 5.91 Å². The van der Waals surface area contributed by atoms with E-state index in [4.69, 9.17) is 4.74 Å². The molecule has 1 aliphatic heterocycles. The number of aryl methyl sites for hydroxylation is 3. The van der Waals surface area contributed by atoms with Crippen molar-refractivity contribution in [2.75, 3.05) is 26.3 Å². The molecule has 0 spiro atoms. The van der Waals surface area contributed by atoms with Crippen molar-refractivity contribution in [1.82, 2.24) is 9.47 Å². The Morgan fingerprint density at radius 2 is 1.86 bits per heavy atom. The van der Waals surface area contributed by atoms with Gasteiger partial charge in [-0.05, 0) is 37.8 Å². The zero-order valence-electron chi connectivity index (χ0n) is 16.6. The average molecular weight is 377 g/mol. The highest BCUT2D eigenvalue weighted by Crippen LogP contribution is 2.24. The van der Waals surface area contributed by atoms with Crippen LogP contribution in [0.1, 0.15) is 34.3 Å². The van der Waals surface area contributed by atoms with Crippen LogP contribution in [-0.2, 0) is 17.7 Å². The number of amides is 1. The fourth-order valence-corrected chi connectivity index (χ4v) is 4.02. The third kappa shape index (κ3) is 4.12. The molecule has 0 unspecified atom stereocenters. The van der Waals surface area contributed by atoms with Gasteiger partial charge in [0.05, 0.1) is 18.8 Å². The zero-order valence-corrected chi connectivity index (χ0v) is 16.6. The topological polar surface area (TPSA) is 34.5 Å². The monoisotopic (exact) mass is 376 g/mol. The molecule has 0 N–H and O–H groups in total. The summed E-state index contributed by atoms with van der Waals surface area (Å²) in [6, 6.07) is 17.0. The summed E-state index contributed by atoms with van der Waals surface area (Å²) >= 11 is 0. The molecule has 3 aromatic rings. The van der Waals surface area contributed by atoms with Crippen molar-refractivity contribution in [3.63, 3.8) is 0 Å². The molecule has 4 rings (SSSR count). The summed E-state index contributed by atoms with van der Waals surface area (Å²) in [4.78, 5) is 14.9. The largest absolute Gasteiger partial charge is 0.378 e. The smallest absolute Gasteiger partial charge is 0.256 e. The third-order valence-corrected chi connectivity index (χ3v) is 5.51. The van der Waals surface area contributed by atoms with Crippen molar-refractivity contribution < 1.29 is 9.53 Å². The Hall–Kier alpha value is -2.59. The van der Waals surface area contributed by atoms with Gasteiger partial charge in [-0.15, -0.1) is 0 Å². The Morgan fingerprint density at radius 1 is 1.04 bits per heavy atom. The molecule has 1 aliphatic rings. The lowest BCUT2D eigenvalue weighted by Crippen LogP contribution is -2.40. The summed E-state index contributed by atoms with van der Waals surface area (Å²) < 4.78 is 7.64. The van der Waals surface area contributed by atoms with Crippen LogP contribution in [0.5, 0.6) is 0 Å². The van der Waals surface area contributed by atoms with E-state index in [2.05, 4.69) is 60.2 Å². The highest BCUT2D eigenvalue weighted by molar-refractivity contribution is 6.07. The molecule has 2 aromatic carbocycles. The lowest BCUT2D eigenvalue weighted by atomic mass is 10.1. The van der Waals surface area contributed by atoms with Gasteiger partial charge in [0.15, 0.2) is 0 Å². The van der Waals surface area contributed by atoms with Crippen LogP contribution in [0.3, 0.4) is 0 Å². The Morgan fingerprint density at radius 3 is 2.68 bits per heavy atom. The molecule has 1 aromatic heterocycles. The van der Waals surface area contributed by atoms with Gasteiger partial charge in [-0.3, -0.25) is 4.79 Å². The Bertz CT molecular complexity index is 954. The van der Waals surface area contributed by atoms with Crippen molar-refractivity contribution in [2.45, 2.75) is 32.7 Å². The van der Waals surface area contributed by atoms with E-state index in [1.807, 2.05) is 11.0 Å². The van der Waals surface area contributed by atoms with E-state index in [9.17, 15) is 4.79 Å². The van der Waals surface area contributed by atoms with Crippen LogP contribution in [0.2, 0.25) is 0 Å². The molecule has 1 saturated heterocycles. The zero-order chi connectivity index (χ0) is 19.3. The van der Waals surface area contributed by atoms with Gasteiger partial charge in [0.25, 0.3) is 5.91 Å². The standard InChI is InChI=1S/C24H28N2O2/c1-19-7-6-9-20(17-19)8-4-5-12-26-18-22(21-10-2-3-11-23(21)26)24(27)25-13-15-28-16-14-25/h2-3,6-7,9-11,17-18H,4-5,8,12-16H2,1H3. The molecule has 4 nitrogen and oxygen atoms in total. The molecule has 0 aliphatic carbocycles. The van der Waals surface area contributed by atoms with Crippen LogP contribution < -0.4 is 0 Å². The van der Waals surface area contributed by atoms with Gasteiger partial charge in [-0.25, -0.2) is 0 Å². The first-order valence-corrected chi connectivity index (χ1v) is 10.2. The van der Waals surface area contributed by atoms with Crippen molar-refractivity contribution >= 4 is 16.8 Å². The predicted molar refractivity (Wildman–Crippen MR) is 113 cm³/mol. The number of carbonyl (C=O) groups excluding carboxylic acids is 1. The summed E-state index contributed by atoms with van der Waals surface area (Å²) in [5.41, 5.74) is 4.69. The number of unbranched alkanes of at least 4 members (excludes halogenated alkanes) is 1. The van der Waals surface area contributed by atoms with Crippen LogP contribution in [0, 0.1) is 6.92 Å². The number of hydrogen-bond acceptors (Lipinski definition) is 2. The second-order valence-electron chi connectivity index (χ2n) is 7.60. The molecule has 146 valence electrons. The highest BCUT2D eigenvalue weighted by atomic mass is 16.5. The number of ether oxygens (including phenoxy) is 1. The van der Waals surface area contributed by atoms with Crippen molar-refractivity contribution in [3.05, 3.63) is 71.4 Å². The van der Waals surface area contributed by atoms with Gasteiger partial charge >= 0.3 is 0 Å². The minimum atomic E-state index is 0.123. The minimum Gasteiger partial charge on any atom is -0.378 e. The SMILES string of the molecule is Cc1cccc(CCCCn2cc(C(=O)N3CCOCC3)c3ccccc32)c1. The Kier molecular flexibility index (Phi) is 5.77. The number of morpholine rings is 1. The average Bonchev–Trinajstić information content (AvgIpc) is 3.10. The first kappa shape index (κ1) is 18.8. The number of aromatic nitrogens is 1. The van der Waals surface area contributed by atoms with Crippen molar-refractivity contribution in [1.29, 1.82) is 0 Å². The van der Waals surface area contributed by atoms with E-state index >= 15 is 0 Å². The number of fused-ring (bicyclic) bond motifs is 1. The Balaban J connectivity index is 1.46. The molecular weight excluding hydrogens is 348 g/mol. The number of nitrogens with zero attached hydrogens (tertiary/aromatic N) is 2. The van der Waals surface area contributed by atoms with Crippen LogP contribution in [0.4, 0.5) is 0 Å². The number of hydrogen-bond donors (Lipinski definition) is 0. The minimum absolute atomic E-state index is 0.123. The van der Waals surface area contributed by atoms with Crippen LogP contribution >= 0.6 is 0 Å². The molecule has 0 bridgehead atoms. The normalized spacial score (nSPS) is 14.5. The summed E-state index contributed by atoms with van der Waals surface area (Å²) in [5, 5.41) is 1.05. The predicted octanol–water partition coefficient (Wildman–Crippen LogP) is 4.45. The maximum absolute atomic E-state index is 13.0. The molecule has 4 heteroatoms. The van der Waals surface area contributed by atoms with Crippen LogP contribution in [0.25, 0.3) is 10.9 Å². The summed E-state index contributed by atoms with van der Waals surface area (Å²) in [6.45, 7) is 5.68. The first-order valence-electron chi connectivity index (χ1n) is 10.2. The molecule has 0 saturated carbocycles. The lowest BCUT2D eigenvalue weighted by Gasteiger charge is -2.26. The number of benzene rings is 2. The van der Waals surface area contributed by atoms with E-state index in [0.717, 1.165) is 42.3 Å². The van der Waals surface area contributed by atoms with E-state index in [1.165, 1.54) is 11.1 Å². The summed E-state index contributed by atoms with van der Waals surface area (Å²) in [6.07, 6.45) is 5.38. The summed E-state index contributed by atoms with van der Waals surface area (Å²) in [7, 11) is 0. The van der Waals surface area contributed by atoms with Crippen molar-refractivity contribution in [3.8, 4) is 0 Å². The lowest BCUT2D eigenvalue weighted by molar-refractivity contribution is 0.0304. The maximum atomic E-state index is 13.0. The molecular formula is C24H28N2O2. The van der Waals surface area contributed by atoms with Gasteiger partial charge in [-0.2, -0.15) is 0 Å². The van der Waals surface area contributed by atoms with Gasteiger partial charge in [-0.1, -0.05) is 48.0 Å². The fourth-order valence-electron chi connectivity index (χ4n) is 4.02. The van der Waals surface area contributed by atoms with Gasteiger partial charge in [0, 0.05) is 36.7 Å². The van der Waals surface area contributed by atoms with E-state index in [1.54, 1.807) is 0 Å². The van der Waals surface area contributed by atoms with Crippen molar-refractivity contribution in [2.24, 2.45) is 0 Å². The molecule has 1 amide bonds. The second kappa shape index (κ2) is 8.61. The molecule has 1 fully saturated rings. The summed E-state index contributed by atoms with van der Waals surface area (Å²) in [5.74, 6) is 0.123. The Labute approximate surface area is 166 Å². The molecule has 0 atom stereocenters. The van der Waals surface area contributed by atoms with Gasteiger partial charge in [0.2, 0.25) is 0 Å². The second-order valence-corrected chi connectivity index (χ2v) is 7.60. The molecule has 2 heterocycles. The number of rotatable bonds is 6. The van der Waals surface area contributed by atoms with Gasteiger partial charge in [0.1, 0.15) is 0 Å². The van der Waals surface area contributed by atoms with Crippen LogP contribution in [-0.4, -0.2) is 41.7 Å². The van der Waals surface area contributed by atoms with Gasteiger partial charge < -0.3 is 14.2 Å². The van der Waals surface area contributed by atoms with E-state index < -0.39 is 0 Å². The van der Waals surface area contributed by atoms with Crippen LogP contribution in [0.15, 0.2) is 54.7 Å². The first-order chi connectivity index (χ1) is 13.7. The molecule has 0 radical (unpaired) electrons. The number of carbonyl (C=O) groups is 1. The van der Waals surface area contributed by atoms with E-state index in [0.29, 0.717) is 26.3 Å². The number of para-hydroxylation sites is 1. The highest BCUT2D eigenvalue weighted by Gasteiger charge is 2.22.